The van der Waals surface area contributed by atoms with Gasteiger partial charge in [-0.2, -0.15) is 5.26 Å². The van der Waals surface area contributed by atoms with E-state index in [4.69, 9.17) is 10.00 Å². The number of rotatable bonds is 4. The topological polar surface area (TPSA) is 45.0 Å². The van der Waals surface area contributed by atoms with Crippen LogP contribution in [0, 0.1) is 11.3 Å². The second kappa shape index (κ2) is 5.07. The molecule has 2 rings (SSSR count). The molecule has 0 radical (unpaired) electrons. The molecule has 1 atom stereocenters. The van der Waals surface area contributed by atoms with Crippen LogP contribution in [-0.4, -0.2) is 19.2 Å². The summed E-state index contributed by atoms with van der Waals surface area (Å²) in [5.74, 6) is 0.783. The molecule has 0 amide bonds. The van der Waals surface area contributed by atoms with Crippen molar-refractivity contribution < 1.29 is 4.74 Å². The molecule has 18 heavy (non-hydrogen) atoms. The van der Waals surface area contributed by atoms with Gasteiger partial charge in [-0.15, -0.1) is 0 Å². The van der Waals surface area contributed by atoms with E-state index >= 15 is 0 Å². The number of hydrogen-bond donors (Lipinski definition) is 1. The summed E-state index contributed by atoms with van der Waals surface area (Å²) in [4.78, 5) is 0. The number of ether oxygens (including phenoxy) is 1. The third-order valence-corrected chi connectivity index (χ3v) is 3.05. The second-order valence-corrected chi connectivity index (χ2v) is 4.49. The fraction of sp³-hybridized carbons (Fsp3) is 0.267. The van der Waals surface area contributed by atoms with Crippen molar-refractivity contribution in [2.45, 2.75) is 12.5 Å². The predicted octanol–water partition coefficient (Wildman–Crippen LogP) is 2.72. The van der Waals surface area contributed by atoms with Crippen molar-refractivity contribution in [3.63, 3.8) is 0 Å². The summed E-state index contributed by atoms with van der Waals surface area (Å²) >= 11 is 0. The van der Waals surface area contributed by atoms with Crippen LogP contribution in [-0.2, 0) is 0 Å². The maximum Gasteiger partial charge on any atom is 0.137 e. The Bertz CT molecular complexity index is 588. The summed E-state index contributed by atoms with van der Waals surface area (Å²) < 4.78 is 5.68. The maximum absolute atomic E-state index is 9.04. The molecule has 0 fully saturated rings. The Morgan fingerprint density at radius 3 is 2.61 bits per heavy atom. The minimum absolute atomic E-state index is 0.318. The number of benzene rings is 2. The van der Waals surface area contributed by atoms with E-state index in [-0.39, 0.29) is 0 Å². The summed E-state index contributed by atoms with van der Waals surface area (Å²) in [6.07, 6.45) is 0. The van der Waals surface area contributed by atoms with Crippen molar-refractivity contribution in [1.82, 2.24) is 5.32 Å². The second-order valence-electron chi connectivity index (χ2n) is 4.49. The molecule has 3 heteroatoms. The van der Waals surface area contributed by atoms with Crippen molar-refractivity contribution in [2.75, 3.05) is 13.7 Å². The van der Waals surface area contributed by atoms with Gasteiger partial charge in [0, 0.05) is 0 Å². The van der Waals surface area contributed by atoms with E-state index < -0.39 is 5.54 Å². The number of hydrogen-bond acceptors (Lipinski definition) is 3. The minimum Gasteiger partial charge on any atom is -0.491 e. The summed E-state index contributed by atoms with van der Waals surface area (Å²) in [6, 6.07) is 16.3. The molecule has 3 nitrogen and oxygen atoms in total. The lowest BCUT2D eigenvalue weighted by atomic mass is 10.1. The Morgan fingerprint density at radius 2 is 1.94 bits per heavy atom. The molecular formula is C15H16N2O. The molecule has 0 heterocycles. The molecular weight excluding hydrogens is 224 g/mol. The molecule has 0 saturated heterocycles. The van der Waals surface area contributed by atoms with Crippen LogP contribution in [0.15, 0.2) is 42.5 Å². The quantitative estimate of drug-likeness (QED) is 0.893. The van der Waals surface area contributed by atoms with Gasteiger partial charge in [0.15, 0.2) is 0 Å². The van der Waals surface area contributed by atoms with Crippen molar-refractivity contribution in [1.29, 1.82) is 5.26 Å². The number of nitriles is 1. The van der Waals surface area contributed by atoms with Crippen LogP contribution in [0.5, 0.6) is 5.75 Å². The molecule has 0 aromatic heterocycles. The molecule has 2 aromatic carbocycles. The van der Waals surface area contributed by atoms with Crippen molar-refractivity contribution in [2.24, 2.45) is 0 Å². The van der Waals surface area contributed by atoms with Crippen molar-refractivity contribution in [3.05, 3.63) is 42.5 Å². The van der Waals surface area contributed by atoms with E-state index in [1.807, 2.05) is 43.3 Å². The zero-order valence-corrected chi connectivity index (χ0v) is 10.6. The van der Waals surface area contributed by atoms with E-state index in [9.17, 15) is 0 Å². The standard InChI is InChI=1S/C15H16N2O/c1-15(10-16,17-2)11-18-14-8-7-12-5-3-4-6-13(12)9-14/h3-9,17H,11H2,1-2H3. The van der Waals surface area contributed by atoms with Gasteiger partial charge in [0.05, 0.1) is 6.07 Å². The fourth-order valence-electron chi connectivity index (χ4n) is 1.65. The fourth-order valence-corrected chi connectivity index (χ4v) is 1.65. The van der Waals surface area contributed by atoms with E-state index in [0.29, 0.717) is 6.61 Å². The number of likely N-dealkylation sites (N-methyl/N-ethyl adjacent to an activating group) is 1. The van der Waals surface area contributed by atoms with Crippen molar-refractivity contribution in [3.8, 4) is 11.8 Å². The molecule has 0 aliphatic heterocycles. The van der Waals surface area contributed by atoms with E-state index in [2.05, 4.69) is 17.5 Å². The lowest BCUT2D eigenvalue weighted by Crippen LogP contribution is -2.43. The number of fused-ring (bicyclic) bond motifs is 1. The van der Waals surface area contributed by atoms with Crippen LogP contribution in [0.25, 0.3) is 10.8 Å². The number of nitrogens with zero attached hydrogens (tertiary/aromatic N) is 1. The van der Waals surface area contributed by atoms with Gasteiger partial charge in [-0.1, -0.05) is 30.3 Å². The van der Waals surface area contributed by atoms with Crippen LogP contribution in [0.4, 0.5) is 0 Å². The van der Waals surface area contributed by atoms with E-state index in [1.54, 1.807) is 7.05 Å². The first kappa shape index (κ1) is 12.4. The Kier molecular flexibility index (Phi) is 3.50. The highest BCUT2D eigenvalue weighted by molar-refractivity contribution is 5.83. The number of nitrogens with one attached hydrogen (secondary N) is 1. The minimum atomic E-state index is -0.661. The van der Waals surface area contributed by atoms with Crippen LogP contribution in [0.1, 0.15) is 6.92 Å². The molecule has 0 saturated carbocycles. The first-order valence-corrected chi connectivity index (χ1v) is 5.89. The SMILES string of the molecule is CNC(C)(C#N)COc1ccc2ccccc2c1. The molecule has 92 valence electrons. The lowest BCUT2D eigenvalue weighted by molar-refractivity contribution is 0.242. The highest BCUT2D eigenvalue weighted by atomic mass is 16.5. The Morgan fingerprint density at radius 1 is 1.22 bits per heavy atom. The van der Waals surface area contributed by atoms with Gasteiger partial charge in [0.2, 0.25) is 0 Å². The zero-order chi connectivity index (χ0) is 13.0. The van der Waals surface area contributed by atoms with Crippen LogP contribution < -0.4 is 10.1 Å². The van der Waals surface area contributed by atoms with E-state index in [1.165, 1.54) is 5.39 Å². The molecule has 1 unspecified atom stereocenters. The molecule has 0 bridgehead atoms. The third kappa shape index (κ3) is 2.61. The monoisotopic (exact) mass is 240 g/mol. The summed E-state index contributed by atoms with van der Waals surface area (Å²) in [6.45, 7) is 2.13. The van der Waals surface area contributed by atoms with Gasteiger partial charge in [-0.05, 0) is 36.9 Å². The first-order chi connectivity index (χ1) is 8.67. The van der Waals surface area contributed by atoms with Crippen LogP contribution >= 0.6 is 0 Å². The lowest BCUT2D eigenvalue weighted by Gasteiger charge is -2.21. The largest absolute Gasteiger partial charge is 0.491 e. The normalized spacial score (nSPS) is 13.8. The highest BCUT2D eigenvalue weighted by Crippen LogP contribution is 2.21. The molecule has 0 spiro atoms. The van der Waals surface area contributed by atoms with E-state index in [0.717, 1.165) is 11.1 Å². The molecule has 0 aliphatic carbocycles. The van der Waals surface area contributed by atoms with Crippen molar-refractivity contribution >= 4 is 10.8 Å². The van der Waals surface area contributed by atoms with Gasteiger partial charge in [-0.3, -0.25) is 5.32 Å². The summed E-state index contributed by atoms with van der Waals surface area (Å²) in [7, 11) is 1.76. The van der Waals surface area contributed by atoms with Crippen LogP contribution in [0.2, 0.25) is 0 Å². The van der Waals surface area contributed by atoms with Gasteiger partial charge < -0.3 is 4.74 Å². The first-order valence-electron chi connectivity index (χ1n) is 5.89. The molecule has 0 aliphatic rings. The Balaban J connectivity index is 2.16. The van der Waals surface area contributed by atoms with Gasteiger partial charge in [-0.25, -0.2) is 0 Å². The Hall–Kier alpha value is -2.05. The Labute approximate surface area is 107 Å². The highest BCUT2D eigenvalue weighted by Gasteiger charge is 2.21. The smallest absolute Gasteiger partial charge is 0.137 e. The van der Waals surface area contributed by atoms with Gasteiger partial charge >= 0.3 is 0 Å². The zero-order valence-electron chi connectivity index (χ0n) is 10.6. The summed E-state index contributed by atoms with van der Waals surface area (Å²) in [5.41, 5.74) is -0.661. The summed E-state index contributed by atoms with van der Waals surface area (Å²) in [5, 5.41) is 14.3. The molecule has 2 aromatic rings. The maximum atomic E-state index is 9.04. The average Bonchev–Trinajstić information content (AvgIpc) is 2.44. The average molecular weight is 240 g/mol. The molecule has 1 N–H and O–H groups in total. The third-order valence-electron chi connectivity index (χ3n) is 3.05. The van der Waals surface area contributed by atoms with Crippen LogP contribution in [0.3, 0.4) is 0 Å². The predicted molar refractivity (Wildman–Crippen MR) is 72.5 cm³/mol. The van der Waals surface area contributed by atoms with Gasteiger partial charge in [0.25, 0.3) is 0 Å². The van der Waals surface area contributed by atoms with Gasteiger partial charge in [0.1, 0.15) is 17.9 Å².